The van der Waals surface area contributed by atoms with E-state index in [1.54, 1.807) is 7.11 Å². The fraction of sp³-hybridized carbons (Fsp3) is 0.286. The number of methoxy groups -OCH3 is 1. The van der Waals surface area contributed by atoms with Gasteiger partial charge in [-0.15, -0.1) is 11.6 Å². The lowest BCUT2D eigenvalue weighted by molar-refractivity contribution is 0.318. The van der Waals surface area contributed by atoms with Crippen molar-refractivity contribution < 1.29 is 9.47 Å². The van der Waals surface area contributed by atoms with Gasteiger partial charge in [-0.25, -0.2) is 0 Å². The Kier molecular flexibility index (Phi) is 4.10. The van der Waals surface area contributed by atoms with Crippen LogP contribution in [-0.4, -0.2) is 19.6 Å². The van der Waals surface area contributed by atoms with E-state index < -0.39 is 0 Å². The lowest BCUT2D eigenvalue weighted by Gasteiger charge is -2.09. The Bertz CT molecular complexity index is 497. The van der Waals surface area contributed by atoms with Crippen LogP contribution in [0.1, 0.15) is 6.42 Å². The summed E-state index contributed by atoms with van der Waals surface area (Å²) >= 11 is 5.61. The number of rotatable bonds is 5. The highest BCUT2D eigenvalue weighted by Crippen LogP contribution is 2.28. The fourth-order valence-corrected chi connectivity index (χ4v) is 1.84. The number of ether oxygens (including phenoxy) is 2. The van der Waals surface area contributed by atoms with Crippen molar-refractivity contribution in [1.29, 1.82) is 0 Å². The van der Waals surface area contributed by atoms with E-state index in [2.05, 4.69) is 6.07 Å². The minimum atomic E-state index is 0.622. The zero-order chi connectivity index (χ0) is 12.1. The zero-order valence-corrected chi connectivity index (χ0v) is 10.5. The van der Waals surface area contributed by atoms with Crippen LogP contribution in [0.15, 0.2) is 36.4 Å². The van der Waals surface area contributed by atoms with Crippen LogP contribution in [0, 0.1) is 0 Å². The third kappa shape index (κ3) is 2.83. The van der Waals surface area contributed by atoms with Crippen molar-refractivity contribution in [2.24, 2.45) is 0 Å². The third-order valence-electron chi connectivity index (χ3n) is 2.58. The van der Waals surface area contributed by atoms with Crippen LogP contribution in [0.5, 0.6) is 11.5 Å². The van der Waals surface area contributed by atoms with E-state index in [1.165, 1.54) is 0 Å². The summed E-state index contributed by atoms with van der Waals surface area (Å²) in [6.07, 6.45) is 0.853. The molecule has 2 nitrogen and oxygen atoms in total. The van der Waals surface area contributed by atoms with Crippen LogP contribution in [0.3, 0.4) is 0 Å². The van der Waals surface area contributed by atoms with Crippen molar-refractivity contribution in [2.45, 2.75) is 6.42 Å². The number of benzene rings is 2. The minimum absolute atomic E-state index is 0.622. The Morgan fingerprint density at radius 1 is 1.18 bits per heavy atom. The van der Waals surface area contributed by atoms with E-state index >= 15 is 0 Å². The maximum atomic E-state index is 5.61. The Morgan fingerprint density at radius 3 is 2.82 bits per heavy atom. The molecule has 0 heterocycles. The van der Waals surface area contributed by atoms with E-state index in [0.717, 1.165) is 28.7 Å². The van der Waals surface area contributed by atoms with Crippen molar-refractivity contribution in [3.05, 3.63) is 36.4 Å². The molecule has 3 heteroatoms. The lowest BCUT2D eigenvalue weighted by atomic mass is 10.1. The van der Waals surface area contributed by atoms with Crippen molar-refractivity contribution in [1.82, 2.24) is 0 Å². The molecule has 0 spiro atoms. The standard InChI is InChI=1S/C14H15ClO2/c1-16-14-5-2-4-11-6-7-12(10-13(11)14)17-9-3-8-15/h2,4-7,10H,3,8-9H2,1H3. The number of alkyl halides is 1. The first-order chi connectivity index (χ1) is 8.35. The molecule has 0 atom stereocenters. The Balaban J connectivity index is 2.28. The van der Waals surface area contributed by atoms with Gasteiger partial charge in [0.25, 0.3) is 0 Å². The van der Waals surface area contributed by atoms with Gasteiger partial charge in [0.1, 0.15) is 11.5 Å². The number of halogens is 1. The number of hydrogen-bond acceptors (Lipinski definition) is 2. The molecule has 2 aromatic rings. The summed E-state index contributed by atoms with van der Waals surface area (Å²) in [7, 11) is 1.68. The van der Waals surface area contributed by atoms with Gasteiger partial charge >= 0.3 is 0 Å². The van der Waals surface area contributed by atoms with E-state index in [-0.39, 0.29) is 0 Å². The molecule has 0 unspecified atom stereocenters. The van der Waals surface area contributed by atoms with Gasteiger partial charge in [0.15, 0.2) is 0 Å². The average Bonchev–Trinajstić information content (AvgIpc) is 2.38. The molecule has 2 aromatic carbocycles. The molecule has 17 heavy (non-hydrogen) atoms. The Hall–Kier alpha value is -1.41. The Labute approximate surface area is 106 Å². The largest absolute Gasteiger partial charge is 0.496 e. The fourth-order valence-electron chi connectivity index (χ4n) is 1.74. The molecular formula is C14H15ClO2. The van der Waals surface area contributed by atoms with Crippen molar-refractivity contribution >= 4 is 22.4 Å². The third-order valence-corrected chi connectivity index (χ3v) is 2.85. The maximum Gasteiger partial charge on any atom is 0.126 e. The molecule has 0 N–H and O–H groups in total. The van der Waals surface area contributed by atoms with Gasteiger partial charge in [-0.1, -0.05) is 18.2 Å². The van der Waals surface area contributed by atoms with Gasteiger partial charge in [-0.2, -0.15) is 0 Å². The average molecular weight is 251 g/mol. The van der Waals surface area contributed by atoms with Gasteiger partial charge in [-0.05, 0) is 30.0 Å². The summed E-state index contributed by atoms with van der Waals surface area (Å²) in [6, 6.07) is 12.0. The summed E-state index contributed by atoms with van der Waals surface area (Å²) in [5, 5.41) is 2.22. The van der Waals surface area contributed by atoms with E-state index in [0.29, 0.717) is 12.5 Å². The molecule has 0 aromatic heterocycles. The van der Waals surface area contributed by atoms with Gasteiger partial charge < -0.3 is 9.47 Å². The molecule has 0 aliphatic rings. The molecular weight excluding hydrogens is 236 g/mol. The first-order valence-corrected chi connectivity index (χ1v) is 6.14. The SMILES string of the molecule is COc1cccc2ccc(OCCCCl)cc12. The molecule has 90 valence electrons. The minimum Gasteiger partial charge on any atom is -0.496 e. The van der Waals surface area contributed by atoms with E-state index in [9.17, 15) is 0 Å². The Morgan fingerprint density at radius 2 is 2.06 bits per heavy atom. The molecule has 0 saturated carbocycles. The first kappa shape index (κ1) is 12.1. The van der Waals surface area contributed by atoms with Crippen molar-refractivity contribution in [2.75, 3.05) is 19.6 Å². The molecule has 0 amide bonds. The van der Waals surface area contributed by atoms with E-state index in [4.69, 9.17) is 21.1 Å². The summed E-state index contributed by atoms with van der Waals surface area (Å²) < 4.78 is 10.9. The summed E-state index contributed by atoms with van der Waals surface area (Å²) in [5.74, 6) is 2.34. The lowest BCUT2D eigenvalue weighted by Crippen LogP contribution is -1.97. The molecule has 0 fully saturated rings. The quantitative estimate of drug-likeness (QED) is 0.593. The van der Waals surface area contributed by atoms with Crippen LogP contribution in [0.4, 0.5) is 0 Å². The summed E-state index contributed by atoms with van der Waals surface area (Å²) in [4.78, 5) is 0. The highest BCUT2D eigenvalue weighted by atomic mass is 35.5. The van der Waals surface area contributed by atoms with E-state index in [1.807, 2.05) is 30.3 Å². The molecule has 0 aliphatic heterocycles. The van der Waals surface area contributed by atoms with Gasteiger partial charge in [-0.3, -0.25) is 0 Å². The van der Waals surface area contributed by atoms with Gasteiger partial charge in [0.2, 0.25) is 0 Å². The highest BCUT2D eigenvalue weighted by molar-refractivity contribution is 6.17. The van der Waals surface area contributed by atoms with Crippen molar-refractivity contribution in [3.63, 3.8) is 0 Å². The van der Waals surface area contributed by atoms with Gasteiger partial charge in [0.05, 0.1) is 13.7 Å². The molecule has 0 radical (unpaired) electrons. The van der Waals surface area contributed by atoms with Gasteiger partial charge in [0, 0.05) is 11.3 Å². The zero-order valence-electron chi connectivity index (χ0n) is 9.78. The topological polar surface area (TPSA) is 18.5 Å². The first-order valence-electron chi connectivity index (χ1n) is 5.60. The molecule has 2 rings (SSSR count). The molecule has 0 aliphatic carbocycles. The maximum absolute atomic E-state index is 5.61. The second-order valence-electron chi connectivity index (χ2n) is 3.73. The van der Waals surface area contributed by atoms with Crippen LogP contribution in [0.25, 0.3) is 10.8 Å². The predicted molar refractivity (Wildman–Crippen MR) is 71.3 cm³/mol. The summed E-state index contributed by atoms with van der Waals surface area (Å²) in [6.45, 7) is 0.643. The number of fused-ring (bicyclic) bond motifs is 1. The van der Waals surface area contributed by atoms with Crippen LogP contribution < -0.4 is 9.47 Å². The van der Waals surface area contributed by atoms with Crippen molar-refractivity contribution in [3.8, 4) is 11.5 Å². The smallest absolute Gasteiger partial charge is 0.126 e. The second kappa shape index (κ2) is 5.78. The normalized spacial score (nSPS) is 10.5. The van der Waals surface area contributed by atoms with Crippen LogP contribution in [0.2, 0.25) is 0 Å². The van der Waals surface area contributed by atoms with Crippen LogP contribution >= 0.6 is 11.6 Å². The van der Waals surface area contributed by atoms with Crippen LogP contribution in [-0.2, 0) is 0 Å². The highest BCUT2D eigenvalue weighted by Gasteiger charge is 2.02. The number of hydrogen-bond donors (Lipinski definition) is 0. The summed E-state index contributed by atoms with van der Waals surface area (Å²) in [5.41, 5.74) is 0. The second-order valence-corrected chi connectivity index (χ2v) is 4.11. The molecule has 0 saturated heterocycles. The predicted octanol–water partition coefficient (Wildman–Crippen LogP) is 3.86. The molecule has 0 bridgehead atoms. The monoisotopic (exact) mass is 250 g/mol.